The van der Waals surface area contributed by atoms with Crippen LogP contribution in [0.4, 0.5) is 0 Å². The summed E-state index contributed by atoms with van der Waals surface area (Å²) < 4.78 is 10.3. The average molecular weight is 288 g/mol. The Hall–Kier alpha value is -1.58. The molecule has 6 N–H and O–H groups in total. The number of hydrogen-bond donors (Lipinski definition) is 6. The van der Waals surface area contributed by atoms with Crippen LogP contribution in [0.2, 0.25) is 0 Å². The summed E-state index contributed by atoms with van der Waals surface area (Å²) in [7, 11) is 0. The number of phenols is 2. The molecule has 112 valence electrons. The van der Waals surface area contributed by atoms with Gasteiger partial charge < -0.3 is 40.1 Å². The number of rotatable bonds is 3. The van der Waals surface area contributed by atoms with Gasteiger partial charge in [-0.2, -0.15) is 0 Å². The van der Waals surface area contributed by atoms with Crippen LogP contribution in [0.1, 0.15) is 0 Å². The third-order valence-corrected chi connectivity index (χ3v) is 3.07. The molecule has 0 radical (unpaired) electrons. The van der Waals surface area contributed by atoms with Crippen LogP contribution >= 0.6 is 0 Å². The van der Waals surface area contributed by atoms with Gasteiger partial charge in [0, 0.05) is 0 Å². The van der Waals surface area contributed by atoms with E-state index in [1.165, 1.54) is 18.2 Å². The lowest BCUT2D eigenvalue weighted by Gasteiger charge is -2.39. The fourth-order valence-electron chi connectivity index (χ4n) is 1.90. The lowest BCUT2D eigenvalue weighted by atomic mass is 9.99. The van der Waals surface area contributed by atoms with E-state index < -0.39 is 48.8 Å². The minimum atomic E-state index is -1.59. The highest BCUT2D eigenvalue weighted by Crippen LogP contribution is 2.36. The van der Waals surface area contributed by atoms with Crippen LogP contribution in [-0.2, 0) is 4.74 Å². The maximum atomic E-state index is 9.76. The van der Waals surface area contributed by atoms with Gasteiger partial charge in [0.1, 0.15) is 24.4 Å². The van der Waals surface area contributed by atoms with Gasteiger partial charge in [-0.3, -0.25) is 0 Å². The lowest BCUT2D eigenvalue weighted by molar-refractivity contribution is -0.277. The number of aliphatic hydroxyl groups is 4. The number of ether oxygens (including phenoxy) is 2. The van der Waals surface area contributed by atoms with Gasteiger partial charge >= 0.3 is 0 Å². The molecule has 8 nitrogen and oxygen atoms in total. The fraction of sp³-hybridized carbons (Fsp3) is 0.500. The molecule has 0 spiro atoms. The smallest absolute Gasteiger partial charge is 0.229 e. The van der Waals surface area contributed by atoms with Crippen LogP contribution in [0.15, 0.2) is 18.2 Å². The highest BCUT2D eigenvalue weighted by molar-refractivity contribution is 5.48. The number of benzene rings is 1. The SMILES string of the molecule is OC[C@H]1O[C@@H](Oc2cccc(O)c2O)[C@H](O)[C@@H](O)[C@@H]1O. The monoisotopic (exact) mass is 288 g/mol. The molecule has 1 aliphatic rings. The number of hydrogen-bond acceptors (Lipinski definition) is 8. The second kappa shape index (κ2) is 5.81. The highest BCUT2D eigenvalue weighted by atomic mass is 16.7. The predicted molar refractivity (Wildman–Crippen MR) is 64.2 cm³/mol. The highest BCUT2D eigenvalue weighted by Gasteiger charge is 2.44. The van der Waals surface area contributed by atoms with E-state index in [1.807, 2.05) is 0 Å². The molecule has 2 rings (SSSR count). The zero-order valence-corrected chi connectivity index (χ0v) is 10.3. The van der Waals surface area contributed by atoms with Crippen LogP contribution < -0.4 is 4.74 Å². The first-order chi connectivity index (χ1) is 9.45. The van der Waals surface area contributed by atoms with Crippen LogP contribution in [0, 0.1) is 0 Å². The minimum absolute atomic E-state index is 0.172. The molecule has 5 atom stereocenters. The van der Waals surface area contributed by atoms with Gasteiger partial charge in [-0.05, 0) is 12.1 Å². The van der Waals surface area contributed by atoms with E-state index in [4.69, 9.17) is 14.6 Å². The summed E-state index contributed by atoms with van der Waals surface area (Å²) in [4.78, 5) is 0. The second-order valence-electron chi connectivity index (χ2n) is 4.44. The van der Waals surface area contributed by atoms with Gasteiger partial charge in [-0.1, -0.05) is 6.07 Å². The maximum Gasteiger partial charge on any atom is 0.229 e. The Kier molecular flexibility index (Phi) is 4.31. The van der Waals surface area contributed by atoms with Crippen LogP contribution in [0.25, 0.3) is 0 Å². The molecular formula is C12H16O8. The summed E-state index contributed by atoms with van der Waals surface area (Å²) in [6.07, 6.45) is -7.19. The van der Waals surface area contributed by atoms with Crippen molar-refractivity contribution in [2.75, 3.05) is 6.61 Å². The first-order valence-electron chi connectivity index (χ1n) is 5.93. The summed E-state index contributed by atoms with van der Waals surface area (Å²) in [5.74, 6) is -1.15. The Morgan fingerprint density at radius 1 is 1.05 bits per heavy atom. The van der Waals surface area contributed by atoms with E-state index in [-0.39, 0.29) is 5.75 Å². The Balaban J connectivity index is 2.17. The number of aliphatic hydroxyl groups excluding tert-OH is 4. The molecular weight excluding hydrogens is 272 g/mol. The Bertz CT molecular complexity index is 463. The first-order valence-corrected chi connectivity index (χ1v) is 5.93. The first kappa shape index (κ1) is 14.8. The number of para-hydroxylation sites is 1. The predicted octanol–water partition coefficient (Wildman–Crippen LogP) is -1.72. The molecule has 0 aliphatic carbocycles. The zero-order valence-electron chi connectivity index (χ0n) is 10.3. The molecule has 1 heterocycles. The van der Waals surface area contributed by atoms with Crippen molar-refractivity contribution in [2.24, 2.45) is 0 Å². The van der Waals surface area contributed by atoms with Crippen molar-refractivity contribution in [3.63, 3.8) is 0 Å². The molecule has 1 aliphatic heterocycles. The van der Waals surface area contributed by atoms with E-state index in [0.717, 1.165) is 0 Å². The van der Waals surface area contributed by atoms with Gasteiger partial charge in [0.15, 0.2) is 11.5 Å². The van der Waals surface area contributed by atoms with Crippen molar-refractivity contribution in [2.45, 2.75) is 30.7 Å². The summed E-state index contributed by atoms with van der Waals surface area (Å²) in [5, 5.41) is 56.9. The van der Waals surface area contributed by atoms with Gasteiger partial charge in [0.25, 0.3) is 0 Å². The Labute approximate surface area is 114 Å². The zero-order chi connectivity index (χ0) is 14.9. The molecule has 1 fully saturated rings. The van der Waals surface area contributed by atoms with Gasteiger partial charge in [0.2, 0.25) is 12.0 Å². The topological polar surface area (TPSA) is 140 Å². The number of aromatic hydroxyl groups is 2. The minimum Gasteiger partial charge on any atom is -0.504 e. The molecule has 0 saturated carbocycles. The normalized spacial score (nSPS) is 33.9. The van der Waals surface area contributed by atoms with E-state index in [1.54, 1.807) is 0 Å². The van der Waals surface area contributed by atoms with Crippen LogP contribution in [-0.4, -0.2) is 68.0 Å². The summed E-state index contributed by atoms with van der Waals surface area (Å²) in [6.45, 7) is -0.586. The molecule has 1 saturated heterocycles. The summed E-state index contributed by atoms with van der Waals surface area (Å²) in [6, 6.07) is 3.94. The number of phenolic OH excluding ortho intramolecular Hbond substituents is 2. The molecule has 0 amide bonds. The summed E-state index contributed by atoms with van der Waals surface area (Å²) >= 11 is 0. The van der Waals surface area contributed by atoms with Crippen molar-refractivity contribution >= 4 is 0 Å². The molecule has 0 unspecified atom stereocenters. The van der Waals surface area contributed by atoms with Crippen LogP contribution in [0.5, 0.6) is 17.2 Å². The van der Waals surface area contributed by atoms with Crippen molar-refractivity contribution in [1.82, 2.24) is 0 Å². The Morgan fingerprint density at radius 2 is 1.75 bits per heavy atom. The second-order valence-corrected chi connectivity index (χ2v) is 4.44. The fourth-order valence-corrected chi connectivity index (χ4v) is 1.90. The molecule has 1 aromatic carbocycles. The largest absolute Gasteiger partial charge is 0.504 e. The molecule has 0 bridgehead atoms. The third kappa shape index (κ3) is 2.65. The average Bonchev–Trinajstić information content (AvgIpc) is 2.44. The van der Waals surface area contributed by atoms with E-state index in [9.17, 15) is 25.5 Å². The molecule has 1 aromatic rings. The third-order valence-electron chi connectivity index (χ3n) is 3.07. The van der Waals surface area contributed by atoms with Crippen molar-refractivity contribution in [3.8, 4) is 17.2 Å². The molecule has 20 heavy (non-hydrogen) atoms. The van der Waals surface area contributed by atoms with E-state index in [2.05, 4.69) is 0 Å². The lowest BCUT2D eigenvalue weighted by Crippen LogP contribution is -2.60. The van der Waals surface area contributed by atoms with Crippen molar-refractivity contribution in [1.29, 1.82) is 0 Å². The summed E-state index contributed by atoms with van der Waals surface area (Å²) in [5.41, 5.74) is 0. The maximum absolute atomic E-state index is 9.76. The van der Waals surface area contributed by atoms with Crippen molar-refractivity contribution in [3.05, 3.63) is 18.2 Å². The van der Waals surface area contributed by atoms with E-state index >= 15 is 0 Å². The molecule has 0 aromatic heterocycles. The van der Waals surface area contributed by atoms with Gasteiger partial charge in [0.05, 0.1) is 6.61 Å². The molecule has 8 heteroatoms. The van der Waals surface area contributed by atoms with Crippen LogP contribution in [0.3, 0.4) is 0 Å². The van der Waals surface area contributed by atoms with Crippen molar-refractivity contribution < 1.29 is 40.1 Å². The van der Waals surface area contributed by atoms with E-state index in [0.29, 0.717) is 0 Å². The Morgan fingerprint density at radius 3 is 2.40 bits per heavy atom. The standard InChI is InChI=1S/C12H16O8/c13-4-7-9(16)10(17)11(18)12(20-7)19-6-3-1-2-5(14)8(6)15/h1-3,7,9-18H,4H2/t7-,9-,10+,11-,12-/m1/s1. The quantitative estimate of drug-likeness (QED) is 0.361. The van der Waals surface area contributed by atoms with Gasteiger partial charge in [-0.15, -0.1) is 0 Å². The van der Waals surface area contributed by atoms with Gasteiger partial charge in [-0.25, -0.2) is 0 Å².